The Balaban J connectivity index is 2.28. The molecule has 6 nitrogen and oxygen atoms in total. The van der Waals surface area contributed by atoms with Crippen molar-refractivity contribution in [2.45, 2.75) is 12.5 Å². The van der Waals surface area contributed by atoms with E-state index in [0.717, 1.165) is 0 Å². The molecule has 0 unspecified atom stereocenters. The summed E-state index contributed by atoms with van der Waals surface area (Å²) in [5, 5.41) is 0. The Morgan fingerprint density at radius 3 is 3.17 bits per heavy atom. The van der Waals surface area contributed by atoms with Gasteiger partial charge in [-0.05, 0) is 6.07 Å². The topological polar surface area (TPSA) is 98.0 Å². The van der Waals surface area contributed by atoms with Crippen molar-refractivity contribution in [3.8, 4) is 5.75 Å². The van der Waals surface area contributed by atoms with Crippen LogP contribution in [0.4, 0.5) is 4.39 Å². The largest absolute Gasteiger partial charge is 0.490 e. The minimum atomic E-state index is -0.391. The first-order chi connectivity index (χ1) is 8.72. The molecule has 1 atom stereocenters. The van der Waals surface area contributed by atoms with Gasteiger partial charge in [-0.3, -0.25) is 0 Å². The smallest absolute Gasteiger partial charge is 0.217 e. The van der Waals surface area contributed by atoms with Gasteiger partial charge < -0.3 is 15.9 Å². The summed E-state index contributed by atoms with van der Waals surface area (Å²) in [7, 11) is 0. The highest BCUT2D eigenvalue weighted by Crippen LogP contribution is 2.36. The molecule has 1 aliphatic heterocycles. The lowest BCUT2D eigenvalue weighted by Crippen LogP contribution is -2.22. The van der Waals surface area contributed by atoms with E-state index in [1.54, 1.807) is 12.1 Å². The molecule has 0 saturated carbocycles. The minimum Gasteiger partial charge on any atom is -0.490 e. The van der Waals surface area contributed by atoms with Gasteiger partial charge in [0.25, 0.3) is 0 Å². The number of nitrogens with one attached hydrogen (secondary N) is 1. The molecule has 0 aromatic heterocycles. The molecule has 0 bridgehead atoms. The number of benzene rings is 1. The number of halogens is 1. The standard InChI is InChI=1S/C11H14FN5O/c12-8-3-1-2-7-9(4-5-18-10(7)8)17-11(13)15-6-16-14/h1-3,6,9H,4-5,14H2,(H3,13,15,16,17)/t9-/m1/s1. The minimum absolute atomic E-state index is 0.0788. The maximum atomic E-state index is 13.5. The third-order valence-electron chi connectivity index (χ3n) is 2.55. The van der Waals surface area contributed by atoms with E-state index in [1.807, 2.05) is 0 Å². The summed E-state index contributed by atoms with van der Waals surface area (Å²) in [5.41, 5.74) is 8.52. The monoisotopic (exact) mass is 251 g/mol. The first-order valence-electron chi connectivity index (χ1n) is 5.45. The molecule has 0 amide bonds. The van der Waals surface area contributed by atoms with Crippen molar-refractivity contribution in [3.05, 3.63) is 29.6 Å². The van der Waals surface area contributed by atoms with Crippen molar-refractivity contribution in [3.63, 3.8) is 0 Å². The Morgan fingerprint density at radius 2 is 2.39 bits per heavy atom. The van der Waals surface area contributed by atoms with Crippen LogP contribution >= 0.6 is 0 Å². The fraction of sp³-hybridized carbons (Fsp3) is 0.273. The van der Waals surface area contributed by atoms with Crippen LogP contribution in [0, 0.1) is 5.82 Å². The molecule has 96 valence electrons. The summed E-state index contributed by atoms with van der Waals surface area (Å²) in [6.07, 6.45) is 1.85. The highest BCUT2D eigenvalue weighted by atomic mass is 19.1. The zero-order chi connectivity index (χ0) is 13.0. The summed E-state index contributed by atoms with van der Waals surface area (Å²) in [5.74, 6) is 4.96. The average Bonchev–Trinajstić information content (AvgIpc) is 2.38. The SMILES string of the molecule is NNC=NC(N)=N[C@@H]1CCOc2c(F)cccc21. The molecule has 0 saturated heterocycles. The van der Waals surface area contributed by atoms with Gasteiger partial charge in [0.1, 0.15) is 6.34 Å². The Bertz CT molecular complexity index is 488. The Kier molecular flexibility index (Phi) is 3.73. The molecule has 18 heavy (non-hydrogen) atoms. The van der Waals surface area contributed by atoms with Gasteiger partial charge in [0.15, 0.2) is 11.6 Å². The highest BCUT2D eigenvalue weighted by molar-refractivity contribution is 5.85. The van der Waals surface area contributed by atoms with Crippen molar-refractivity contribution in [2.75, 3.05) is 6.61 Å². The summed E-state index contributed by atoms with van der Waals surface area (Å²) >= 11 is 0. The van der Waals surface area contributed by atoms with Crippen LogP contribution < -0.4 is 21.7 Å². The second kappa shape index (κ2) is 5.46. The zero-order valence-electron chi connectivity index (χ0n) is 9.64. The molecule has 0 fully saturated rings. The van der Waals surface area contributed by atoms with Crippen LogP contribution in [-0.2, 0) is 0 Å². The van der Waals surface area contributed by atoms with Crippen molar-refractivity contribution in [1.82, 2.24) is 5.43 Å². The predicted octanol–water partition coefficient (Wildman–Crippen LogP) is 0.456. The van der Waals surface area contributed by atoms with Gasteiger partial charge in [0, 0.05) is 12.0 Å². The number of aliphatic imine (C=N–C) groups is 2. The van der Waals surface area contributed by atoms with Gasteiger partial charge in [-0.2, -0.15) is 0 Å². The van der Waals surface area contributed by atoms with Gasteiger partial charge in [0.2, 0.25) is 5.96 Å². The second-order valence-corrected chi connectivity index (χ2v) is 3.72. The van der Waals surface area contributed by atoms with Gasteiger partial charge in [0.05, 0.1) is 12.6 Å². The van der Waals surface area contributed by atoms with Gasteiger partial charge >= 0.3 is 0 Å². The molecule has 2 rings (SSSR count). The van der Waals surface area contributed by atoms with Gasteiger partial charge in [-0.25, -0.2) is 20.2 Å². The van der Waals surface area contributed by atoms with Crippen LogP contribution in [0.3, 0.4) is 0 Å². The molecule has 1 aromatic rings. The molecule has 1 aromatic carbocycles. The van der Waals surface area contributed by atoms with Gasteiger partial charge in [-0.1, -0.05) is 12.1 Å². The summed E-state index contributed by atoms with van der Waals surface area (Å²) in [4.78, 5) is 7.97. The molecule has 7 heteroatoms. The van der Waals surface area contributed by atoms with Crippen molar-refractivity contribution in [1.29, 1.82) is 0 Å². The first kappa shape index (κ1) is 12.3. The molecular weight excluding hydrogens is 237 g/mol. The quantitative estimate of drug-likeness (QED) is 0.308. The van der Waals surface area contributed by atoms with Crippen LogP contribution in [0.1, 0.15) is 18.0 Å². The Hall–Kier alpha value is -2.15. The lowest BCUT2D eigenvalue weighted by molar-refractivity contribution is 0.256. The molecular formula is C11H14FN5O. The third-order valence-corrected chi connectivity index (χ3v) is 2.55. The summed E-state index contributed by atoms with van der Waals surface area (Å²) < 4.78 is 18.8. The van der Waals surface area contributed by atoms with E-state index in [1.165, 1.54) is 12.4 Å². The number of ether oxygens (including phenoxy) is 1. The number of para-hydroxylation sites is 1. The fourth-order valence-corrected chi connectivity index (χ4v) is 1.80. The number of fused-ring (bicyclic) bond motifs is 1. The number of nitrogens with zero attached hydrogens (tertiary/aromatic N) is 2. The maximum Gasteiger partial charge on any atom is 0.217 e. The van der Waals surface area contributed by atoms with Gasteiger partial charge in [-0.15, -0.1) is 0 Å². The number of hydrogen-bond acceptors (Lipinski definition) is 3. The number of hydrazine groups is 1. The number of nitrogens with two attached hydrogens (primary N) is 2. The summed E-state index contributed by atoms with van der Waals surface area (Å²) in [6, 6.07) is 4.49. The van der Waals surface area contributed by atoms with Crippen molar-refractivity contribution in [2.24, 2.45) is 21.6 Å². The lowest BCUT2D eigenvalue weighted by atomic mass is 10.0. The van der Waals surface area contributed by atoms with E-state index in [-0.39, 0.29) is 17.8 Å². The number of rotatable bonds is 2. The van der Waals surface area contributed by atoms with Crippen LogP contribution in [0.15, 0.2) is 28.2 Å². The van der Waals surface area contributed by atoms with E-state index in [4.69, 9.17) is 16.3 Å². The molecule has 0 spiro atoms. The third kappa shape index (κ3) is 2.57. The van der Waals surface area contributed by atoms with E-state index in [0.29, 0.717) is 18.6 Å². The Morgan fingerprint density at radius 1 is 1.56 bits per heavy atom. The number of hydrogen-bond donors (Lipinski definition) is 3. The number of guanidine groups is 1. The van der Waals surface area contributed by atoms with E-state index in [9.17, 15) is 4.39 Å². The zero-order valence-corrected chi connectivity index (χ0v) is 9.64. The van der Waals surface area contributed by atoms with E-state index >= 15 is 0 Å². The normalized spacial score (nSPS) is 19.4. The summed E-state index contributed by atoms with van der Waals surface area (Å²) in [6.45, 7) is 0.397. The Labute approximate surface area is 104 Å². The van der Waals surface area contributed by atoms with Crippen LogP contribution in [-0.4, -0.2) is 18.9 Å². The molecule has 1 aliphatic rings. The molecule has 1 heterocycles. The lowest BCUT2D eigenvalue weighted by Gasteiger charge is -2.23. The highest BCUT2D eigenvalue weighted by Gasteiger charge is 2.23. The average molecular weight is 251 g/mol. The van der Waals surface area contributed by atoms with E-state index in [2.05, 4.69) is 15.4 Å². The first-order valence-corrected chi connectivity index (χ1v) is 5.45. The van der Waals surface area contributed by atoms with Crippen molar-refractivity contribution < 1.29 is 9.13 Å². The molecule has 0 radical (unpaired) electrons. The fourth-order valence-electron chi connectivity index (χ4n) is 1.80. The molecule has 5 N–H and O–H groups in total. The molecule has 0 aliphatic carbocycles. The maximum absolute atomic E-state index is 13.5. The van der Waals surface area contributed by atoms with Crippen LogP contribution in [0.5, 0.6) is 5.75 Å². The van der Waals surface area contributed by atoms with Crippen LogP contribution in [0.25, 0.3) is 0 Å². The predicted molar refractivity (Wildman–Crippen MR) is 66.7 cm³/mol. The van der Waals surface area contributed by atoms with Crippen molar-refractivity contribution >= 4 is 12.3 Å². The second-order valence-electron chi connectivity index (χ2n) is 3.72. The van der Waals surface area contributed by atoms with E-state index < -0.39 is 5.82 Å². The van der Waals surface area contributed by atoms with Crippen LogP contribution in [0.2, 0.25) is 0 Å².